The van der Waals surface area contributed by atoms with Crippen LogP contribution in [0.2, 0.25) is 0 Å². The largest absolute Gasteiger partial charge is 0.131 e. The molecule has 0 aliphatic heterocycles. The lowest BCUT2D eigenvalue weighted by Crippen LogP contribution is -1.87. The van der Waals surface area contributed by atoms with E-state index >= 15 is 0 Å². The number of rotatable bonds is 4. The van der Waals surface area contributed by atoms with Gasteiger partial charge in [-0.3, -0.25) is 0 Å². The van der Waals surface area contributed by atoms with Gasteiger partial charge in [-0.05, 0) is 11.3 Å². The van der Waals surface area contributed by atoms with E-state index in [1.54, 1.807) is 0 Å². The molecule has 0 unspecified atom stereocenters. The van der Waals surface area contributed by atoms with E-state index in [9.17, 15) is 0 Å². The van der Waals surface area contributed by atoms with E-state index in [0.717, 1.165) is 0 Å². The summed E-state index contributed by atoms with van der Waals surface area (Å²) in [6.07, 6.45) is 2.11. The minimum atomic E-state index is 0.569. The van der Waals surface area contributed by atoms with Crippen molar-refractivity contribution >= 4 is 11.8 Å². The van der Waals surface area contributed by atoms with Crippen molar-refractivity contribution in [3.63, 3.8) is 0 Å². The van der Waals surface area contributed by atoms with Crippen LogP contribution < -0.4 is 0 Å². The second kappa shape index (κ2) is 5.48. The summed E-state index contributed by atoms with van der Waals surface area (Å²) in [4.78, 5) is 0. The van der Waals surface area contributed by atoms with Crippen molar-refractivity contribution in [2.75, 3.05) is 0 Å². The number of thioether (sulfide) groups is 1. The number of hydrogen-bond donors (Lipinski definition) is 0. The van der Waals surface area contributed by atoms with Crippen LogP contribution in [0.15, 0.2) is 23.6 Å². The SMILES string of the molecule is C=C(/C=C\SC(C)C)C(C)C. The van der Waals surface area contributed by atoms with Gasteiger partial charge in [0.25, 0.3) is 0 Å². The molecule has 0 rings (SSSR count). The van der Waals surface area contributed by atoms with Gasteiger partial charge < -0.3 is 0 Å². The summed E-state index contributed by atoms with van der Waals surface area (Å²) in [5, 5.41) is 2.80. The average molecular weight is 170 g/mol. The molecule has 11 heavy (non-hydrogen) atoms. The summed E-state index contributed by atoms with van der Waals surface area (Å²) >= 11 is 1.84. The Kier molecular flexibility index (Phi) is 5.39. The molecular weight excluding hydrogens is 152 g/mol. The second-order valence-corrected chi connectivity index (χ2v) is 4.70. The molecule has 0 nitrogen and oxygen atoms in total. The lowest BCUT2D eigenvalue weighted by atomic mass is 10.1. The third-order valence-electron chi connectivity index (χ3n) is 1.37. The lowest BCUT2D eigenvalue weighted by molar-refractivity contribution is 0.795. The molecule has 0 spiro atoms. The molecular formula is C10H18S. The molecule has 0 bridgehead atoms. The summed E-state index contributed by atoms with van der Waals surface area (Å²) in [5.41, 5.74) is 1.21. The highest BCUT2D eigenvalue weighted by Crippen LogP contribution is 2.14. The maximum absolute atomic E-state index is 3.95. The van der Waals surface area contributed by atoms with Crippen molar-refractivity contribution in [1.82, 2.24) is 0 Å². The van der Waals surface area contributed by atoms with Gasteiger partial charge >= 0.3 is 0 Å². The Balaban J connectivity index is 3.66. The quantitative estimate of drug-likeness (QED) is 0.577. The predicted octanol–water partition coefficient (Wildman–Crippen LogP) is 3.85. The molecule has 1 heteroatoms. The predicted molar refractivity (Wildman–Crippen MR) is 55.8 cm³/mol. The molecule has 0 aromatic heterocycles. The summed E-state index contributed by atoms with van der Waals surface area (Å²) in [5.74, 6) is 0.569. The van der Waals surface area contributed by atoms with Gasteiger partial charge in [0.1, 0.15) is 0 Å². The van der Waals surface area contributed by atoms with E-state index in [2.05, 4.69) is 45.8 Å². The highest BCUT2D eigenvalue weighted by Gasteiger charge is 1.94. The van der Waals surface area contributed by atoms with Gasteiger partial charge in [-0.1, -0.05) is 45.9 Å². The molecule has 0 aromatic carbocycles. The van der Waals surface area contributed by atoms with Crippen molar-refractivity contribution in [1.29, 1.82) is 0 Å². The standard InChI is InChI=1S/C10H18S/c1-8(2)10(5)6-7-11-9(3)4/h6-9H,5H2,1-4H3/b7-6-. The molecule has 0 aromatic rings. The Labute approximate surface area is 74.8 Å². The first-order valence-electron chi connectivity index (χ1n) is 4.05. The molecule has 0 atom stereocenters. The Morgan fingerprint density at radius 3 is 2.18 bits per heavy atom. The van der Waals surface area contributed by atoms with Crippen LogP contribution in [0.25, 0.3) is 0 Å². The first-order valence-corrected chi connectivity index (χ1v) is 4.99. The normalized spacial score (nSPS) is 11.8. The molecule has 0 heterocycles. The van der Waals surface area contributed by atoms with Crippen molar-refractivity contribution in [3.05, 3.63) is 23.6 Å². The van der Waals surface area contributed by atoms with Crippen LogP contribution in [-0.4, -0.2) is 5.25 Å². The maximum Gasteiger partial charge on any atom is 0.00317 e. The molecule has 0 N–H and O–H groups in total. The number of allylic oxidation sites excluding steroid dienone is 2. The fourth-order valence-corrected chi connectivity index (χ4v) is 1.04. The van der Waals surface area contributed by atoms with Crippen LogP contribution in [0.5, 0.6) is 0 Å². The molecule has 0 amide bonds. The number of hydrogen-bond acceptors (Lipinski definition) is 1. The Hall–Kier alpha value is -0.170. The van der Waals surface area contributed by atoms with Crippen LogP contribution in [0, 0.1) is 5.92 Å². The van der Waals surface area contributed by atoms with Crippen LogP contribution in [-0.2, 0) is 0 Å². The maximum atomic E-state index is 3.95. The van der Waals surface area contributed by atoms with Crippen molar-refractivity contribution < 1.29 is 0 Å². The zero-order valence-electron chi connectivity index (χ0n) is 7.92. The Morgan fingerprint density at radius 2 is 1.82 bits per heavy atom. The van der Waals surface area contributed by atoms with Gasteiger partial charge in [-0.25, -0.2) is 0 Å². The van der Waals surface area contributed by atoms with Gasteiger partial charge in [0.2, 0.25) is 0 Å². The molecule has 0 fully saturated rings. The summed E-state index contributed by atoms with van der Waals surface area (Å²) in [7, 11) is 0. The van der Waals surface area contributed by atoms with Crippen molar-refractivity contribution in [2.24, 2.45) is 5.92 Å². The Bertz CT molecular complexity index is 143. The van der Waals surface area contributed by atoms with Crippen molar-refractivity contribution in [3.8, 4) is 0 Å². The minimum absolute atomic E-state index is 0.569. The first-order chi connectivity index (χ1) is 5.04. The van der Waals surface area contributed by atoms with Gasteiger partial charge in [-0.2, -0.15) is 0 Å². The average Bonchev–Trinajstić information content (AvgIpc) is 1.86. The van der Waals surface area contributed by atoms with Gasteiger partial charge in [0.15, 0.2) is 0 Å². The van der Waals surface area contributed by atoms with Crippen LogP contribution in [0.4, 0.5) is 0 Å². The van der Waals surface area contributed by atoms with E-state index in [1.807, 2.05) is 11.8 Å². The topological polar surface area (TPSA) is 0 Å². The fourth-order valence-electron chi connectivity index (χ4n) is 0.476. The molecule has 0 saturated heterocycles. The Morgan fingerprint density at radius 1 is 1.27 bits per heavy atom. The zero-order chi connectivity index (χ0) is 8.85. The van der Waals surface area contributed by atoms with Gasteiger partial charge in [-0.15, -0.1) is 11.8 Å². The van der Waals surface area contributed by atoms with E-state index in [0.29, 0.717) is 11.2 Å². The van der Waals surface area contributed by atoms with Crippen molar-refractivity contribution in [2.45, 2.75) is 32.9 Å². The van der Waals surface area contributed by atoms with E-state index in [1.165, 1.54) is 5.57 Å². The van der Waals surface area contributed by atoms with Gasteiger partial charge in [0, 0.05) is 5.25 Å². The molecule has 0 radical (unpaired) electrons. The van der Waals surface area contributed by atoms with Crippen LogP contribution in [0.3, 0.4) is 0 Å². The lowest BCUT2D eigenvalue weighted by Gasteiger charge is -2.03. The summed E-state index contributed by atoms with van der Waals surface area (Å²) in [6, 6.07) is 0. The third-order valence-corrected chi connectivity index (χ3v) is 2.21. The highest BCUT2D eigenvalue weighted by molar-refractivity contribution is 8.02. The molecule has 64 valence electrons. The van der Waals surface area contributed by atoms with Crippen LogP contribution >= 0.6 is 11.8 Å². The smallest absolute Gasteiger partial charge is 0.00317 e. The van der Waals surface area contributed by atoms with Gasteiger partial charge in [0.05, 0.1) is 0 Å². The fraction of sp³-hybridized carbons (Fsp3) is 0.600. The minimum Gasteiger partial charge on any atom is -0.131 e. The molecule has 0 aliphatic rings. The molecule has 0 aliphatic carbocycles. The van der Waals surface area contributed by atoms with Crippen LogP contribution in [0.1, 0.15) is 27.7 Å². The summed E-state index contributed by atoms with van der Waals surface area (Å²) < 4.78 is 0. The second-order valence-electron chi connectivity index (χ2n) is 3.22. The first kappa shape index (κ1) is 10.8. The van der Waals surface area contributed by atoms with E-state index in [4.69, 9.17) is 0 Å². The molecule has 0 saturated carbocycles. The van der Waals surface area contributed by atoms with E-state index < -0.39 is 0 Å². The monoisotopic (exact) mass is 170 g/mol. The zero-order valence-corrected chi connectivity index (χ0v) is 8.74. The highest BCUT2D eigenvalue weighted by atomic mass is 32.2. The van der Waals surface area contributed by atoms with E-state index in [-0.39, 0.29) is 0 Å². The third kappa shape index (κ3) is 6.24. The summed E-state index contributed by atoms with van der Waals surface area (Å²) in [6.45, 7) is 12.6.